The molecule has 0 spiro atoms. The van der Waals surface area contributed by atoms with E-state index in [1.807, 2.05) is 34.6 Å². The number of nitrogens with zero attached hydrogens (tertiary/aromatic N) is 2. The van der Waals surface area contributed by atoms with E-state index in [2.05, 4.69) is 74.9 Å². The predicted octanol–water partition coefficient (Wildman–Crippen LogP) is 11.7. The summed E-state index contributed by atoms with van der Waals surface area (Å²) in [7, 11) is 0. The van der Waals surface area contributed by atoms with Gasteiger partial charge in [0.2, 0.25) is 0 Å². The average Bonchev–Trinajstić information content (AvgIpc) is 3.42. The van der Waals surface area contributed by atoms with E-state index in [1.165, 1.54) is 11.6 Å². The van der Waals surface area contributed by atoms with Gasteiger partial charge in [0.25, 0.3) is 0 Å². The van der Waals surface area contributed by atoms with Crippen molar-refractivity contribution in [2.75, 3.05) is 0 Å². The number of fused-ring (bicyclic) bond motifs is 1. The molecule has 0 fully saturated rings. The van der Waals surface area contributed by atoms with Crippen molar-refractivity contribution in [1.82, 2.24) is 9.97 Å². The minimum absolute atomic E-state index is 0. The molecule has 2 aromatic carbocycles. The number of benzene rings is 2. The maximum atomic E-state index is 11.7. The summed E-state index contributed by atoms with van der Waals surface area (Å²) in [4.78, 5) is 21.8. The van der Waals surface area contributed by atoms with Gasteiger partial charge in [-0.25, -0.2) is 4.98 Å². The Hall–Kier alpha value is -2.66. The van der Waals surface area contributed by atoms with E-state index < -0.39 is 0 Å². The third-order valence-corrected chi connectivity index (χ3v) is 9.62. The second kappa shape index (κ2) is 17.5. The molecule has 6 heteroatoms. The van der Waals surface area contributed by atoms with Gasteiger partial charge in [0.15, 0.2) is 5.78 Å². The Bertz CT molecular complexity index is 1770. The fraction of sp³-hybridized carbons (Fsp3) is 0.475. The number of hydrogen-bond acceptors (Lipinski definition) is 5. The van der Waals surface area contributed by atoms with Crippen molar-refractivity contribution in [3.8, 4) is 21.7 Å². The molecule has 1 N–H and O–H groups in total. The number of carbonyl (C=O) groups excluding carboxylic acids is 1. The molecule has 0 saturated carbocycles. The fourth-order valence-electron chi connectivity index (χ4n) is 5.57. The number of allylic oxidation sites excluding steroid dienone is 2. The second-order valence-corrected chi connectivity index (χ2v) is 14.2. The van der Waals surface area contributed by atoms with Gasteiger partial charge in [0.05, 0.1) is 11.3 Å². The molecule has 0 bridgehead atoms. The van der Waals surface area contributed by atoms with Crippen molar-refractivity contribution in [2.45, 2.75) is 113 Å². The van der Waals surface area contributed by atoms with Gasteiger partial charge >= 0.3 is 0 Å². The van der Waals surface area contributed by atoms with E-state index >= 15 is 0 Å². The van der Waals surface area contributed by atoms with Gasteiger partial charge in [0, 0.05) is 53.3 Å². The summed E-state index contributed by atoms with van der Waals surface area (Å²) in [5, 5.41) is 9.76. The van der Waals surface area contributed by atoms with E-state index in [4.69, 9.17) is 4.11 Å². The molecule has 4 rings (SSSR count). The number of aromatic nitrogens is 2. The van der Waals surface area contributed by atoms with E-state index in [1.54, 1.807) is 18.3 Å². The Kier molecular flexibility index (Phi) is 13.2. The molecule has 251 valence electrons. The molecular formula is C40H53IrN2O2S-. The quantitative estimate of drug-likeness (QED) is 0.0983. The molecule has 0 amide bonds. The summed E-state index contributed by atoms with van der Waals surface area (Å²) >= 11 is 1.61. The van der Waals surface area contributed by atoms with Gasteiger partial charge in [-0.15, -0.1) is 46.2 Å². The van der Waals surface area contributed by atoms with Gasteiger partial charge in [-0.2, -0.15) is 0 Å². The summed E-state index contributed by atoms with van der Waals surface area (Å²) in [6, 6.07) is 12.5. The molecule has 4 aromatic rings. The Morgan fingerprint density at radius 3 is 2.09 bits per heavy atom. The maximum Gasteiger partial charge on any atom is 0.162 e. The van der Waals surface area contributed by atoms with Gasteiger partial charge in [-0.3, -0.25) is 9.78 Å². The smallest absolute Gasteiger partial charge is 0.162 e. The third-order valence-electron chi connectivity index (χ3n) is 8.37. The summed E-state index contributed by atoms with van der Waals surface area (Å²) in [5.74, 6) is 0.753. The Morgan fingerprint density at radius 1 is 0.978 bits per heavy atom. The van der Waals surface area contributed by atoms with Gasteiger partial charge in [-0.1, -0.05) is 100 Å². The molecule has 2 heterocycles. The van der Waals surface area contributed by atoms with Crippen molar-refractivity contribution >= 4 is 27.3 Å². The van der Waals surface area contributed by atoms with Crippen molar-refractivity contribution in [2.24, 2.45) is 11.8 Å². The van der Waals surface area contributed by atoms with Gasteiger partial charge < -0.3 is 5.11 Å². The van der Waals surface area contributed by atoms with E-state index in [0.29, 0.717) is 28.4 Å². The van der Waals surface area contributed by atoms with Crippen molar-refractivity contribution in [3.05, 3.63) is 82.8 Å². The molecule has 0 aliphatic heterocycles. The van der Waals surface area contributed by atoms with Gasteiger partial charge in [-0.05, 0) is 56.4 Å². The summed E-state index contributed by atoms with van der Waals surface area (Å²) in [6.45, 7) is 22.6. The average molecular weight is 821 g/mol. The first kappa shape index (κ1) is 34.7. The molecular weight excluding hydrogens is 765 g/mol. The zero-order chi connectivity index (χ0) is 36.1. The number of aryl methyl sites for hydroxylation is 1. The Morgan fingerprint density at radius 2 is 1.57 bits per heavy atom. The van der Waals surface area contributed by atoms with E-state index in [-0.39, 0.29) is 67.2 Å². The van der Waals surface area contributed by atoms with Crippen LogP contribution in [0.3, 0.4) is 0 Å². The maximum absolute atomic E-state index is 11.7. The number of hydrogen-bond donors (Lipinski definition) is 1. The Balaban J connectivity index is 0.000000444. The van der Waals surface area contributed by atoms with Crippen LogP contribution in [0.1, 0.15) is 120 Å². The normalized spacial score (nSPS) is 12.9. The van der Waals surface area contributed by atoms with Crippen LogP contribution >= 0.6 is 11.3 Å². The first-order chi connectivity index (χ1) is 22.5. The summed E-state index contributed by atoms with van der Waals surface area (Å²) < 4.78 is 26.0. The standard InChI is InChI=1S/C27H29N2S.C13H24O2.Ir/c1-16(2)22-24-26(23(28-15-29-24)20-13-17(3)12-18(4)14-20)30-25(22)19-8-10-21(11-9-19)27(5,6)7;1-5-10(6-2)12(14)9-13(15)11(7-3)8-4;/h8-13,15-16H,1-7H3;9-11,14H,5-8H2,1-4H3;/q-1;;/b;12-9-;/i12D,13D,15D;;. The molecule has 46 heavy (non-hydrogen) atoms. The van der Waals surface area contributed by atoms with Crippen LogP contribution in [0.5, 0.6) is 0 Å². The zero-order valence-electron chi connectivity index (χ0n) is 32.4. The minimum atomic E-state index is -0.0649. The SMILES string of the molecule is CCC(CC)C(=O)/C=C(\O)C(CC)CC.[2H]c1nc(-c2[c-]c(C)c([2H])c(C)c2[2H])c2sc(-c3ccc(C(C)(C)C)cc3)c(C(C)C)c2n1.[Ir]. The van der Waals surface area contributed by atoms with Crippen molar-refractivity contribution in [3.63, 3.8) is 0 Å². The molecule has 2 aromatic heterocycles. The van der Waals surface area contributed by atoms with Crippen LogP contribution in [0.25, 0.3) is 31.9 Å². The zero-order valence-corrected chi connectivity index (χ0v) is 32.7. The fourth-order valence-corrected chi connectivity index (χ4v) is 6.97. The van der Waals surface area contributed by atoms with Crippen LogP contribution in [0, 0.1) is 31.7 Å². The van der Waals surface area contributed by atoms with E-state index in [0.717, 1.165) is 51.9 Å². The molecule has 0 atom stereocenters. The first-order valence-electron chi connectivity index (χ1n) is 17.9. The topological polar surface area (TPSA) is 63.1 Å². The predicted molar refractivity (Wildman–Crippen MR) is 193 cm³/mol. The van der Waals surface area contributed by atoms with Crippen molar-refractivity contribution < 1.29 is 34.1 Å². The molecule has 4 nitrogen and oxygen atoms in total. The van der Waals surface area contributed by atoms with E-state index in [9.17, 15) is 9.90 Å². The molecule has 0 unspecified atom stereocenters. The Labute approximate surface area is 299 Å². The van der Waals surface area contributed by atoms with Crippen molar-refractivity contribution in [1.29, 1.82) is 0 Å². The van der Waals surface area contributed by atoms with Crippen LogP contribution in [-0.2, 0) is 30.3 Å². The summed E-state index contributed by atoms with van der Waals surface area (Å²) in [5.41, 5.74) is 6.73. The van der Waals surface area contributed by atoms with Crippen LogP contribution in [0.4, 0.5) is 0 Å². The summed E-state index contributed by atoms with van der Waals surface area (Å²) in [6.07, 6.45) is 4.84. The third kappa shape index (κ3) is 9.69. The number of ketones is 1. The molecule has 0 saturated heterocycles. The van der Waals surface area contributed by atoms with Crippen LogP contribution in [0.15, 0.2) is 54.5 Å². The number of aliphatic hydroxyl groups excluding tert-OH is 1. The number of aliphatic hydroxyl groups is 1. The van der Waals surface area contributed by atoms with Gasteiger partial charge in [0.1, 0.15) is 7.67 Å². The number of rotatable bonds is 10. The minimum Gasteiger partial charge on any atom is -0.512 e. The van der Waals surface area contributed by atoms with Crippen LogP contribution < -0.4 is 0 Å². The number of carbonyl (C=O) groups is 1. The molecule has 1 radical (unpaired) electrons. The number of thiophene rings is 1. The second-order valence-electron chi connectivity index (χ2n) is 13.2. The monoisotopic (exact) mass is 821 g/mol. The molecule has 0 aliphatic rings. The largest absolute Gasteiger partial charge is 0.512 e. The van der Waals surface area contributed by atoms with Crippen LogP contribution in [-0.4, -0.2) is 20.9 Å². The molecule has 0 aliphatic carbocycles. The van der Waals surface area contributed by atoms with Crippen LogP contribution in [0.2, 0.25) is 0 Å². The first-order valence-corrected chi connectivity index (χ1v) is 17.2.